The zero-order valence-electron chi connectivity index (χ0n) is 18.0. The van der Waals surface area contributed by atoms with E-state index in [0.29, 0.717) is 17.3 Å². The lowest BCUT2D eigenvalue weighted by atomic mass is 10.1. The van der Waals surface area contributed by atoms with Crippen LogP contribution in [0.5, 0.6) is 0 Å². The van der Waals surface area contributed by atoms with Gasteiger partial charge in [-0.3, -0.25) is 9.59 Å². The van der Waals surface area contributed by atoms with Crippen LogP contribution in [-0.4, -0.2) is 30.1 Å². The second-order valence-electron chi connectivity index (χ2n) is 8.01. The Morgan fingerprint density at radius 2 is 1.65 bits per heavy atom. The van der Waals surface area contributed by atoms with Crippen LogP contribution in [0.2, 0.25) is 5.02 Å². The van der Waals surface area contributed by atoms with E-state index in [2.05, 4.69) is 16.0 Å². The zero-order valence-corrected chi connectivity index (χ0v) is 18.7. The van der Waals surface area contributed by atoms with Crippen molar-refractivity contribution >= 4 is 35.2 Å². The minimum Gasteiger partial charge on any atom is -0.444 e. The van der Waals surface area contributed by atoms with Gasteiger partial charge in [-0.1, -0.05) is 35.9 Å². The van der Waals surface area contributed by atoms with Crippen LogP contribution in [0.15, 0.2) is 48.5 Å². The van der Waals surface area contributed by atoms with Gasteiger partial charge in [0.1, 0.15) is 5.60 Å². The Morgan fingerprint density at radius 1 is 0.935 bits per heavy atom. The summed E-state index contributed by atoms with van der Waals surface area (Å²) in [6.45, 7) is 5.80. The van der Waals surface area contributed by atoms with Crippen LogP contribution >= 0.6 is 11.6 Å². The maximum Gasteiger partial charge on any atom is 0.407 e. The van der Waals surface area contributed by atoms with E-state index in [1.54, 1.807) is 57.2 Å². The topological polar surface area (TPSA) is 96.5 Å². The number of hydrogen-bond acceptors (Lipinski definition) is 4. The molecule has 8 heteroatoms. The number of ether oxygens (including phenoxy) is 1. The summed E-state index contributed by atoms with van der Waals surface area (Å²) in [6.07, 6.45) is -0.205. The van der Waals surface area contributed by atoms with E-state index in [1.165, 1.54) is 0 Å². The molecule has 2 aromatic rings. The minimum absolute atomic E-state index is 0.134. The van der Waals surface area contributed by atoms with Crippen LogP contribution in [0.1, 0.15) is 38.3 Å². The molecule has 0 saturated heterocycles. The predicted molar refractivity (Wildman–Crippen MR) is 121 cm³/mol. The van der Waals surface area contributed by atoms with Gasteiger partial charge in [-0.15, -0.1) is 0 Å². The lowest BCUT2D eigenvalue weighted by Crippen LogP contribution is -2.35. The Labute approximate surface area is 187 Å². The van der Waals surface area contributed by atoms with Crippen molar-refractivity contribution < 1.29 is 19.1 Å². The zero-order chi connectivity index (χ0) is 22.9. The fraction of sp³-hybridized carbons (Fsp3) is 0.348. The van der Waals surface area contributed by atoms with Crippen LogP contribution in [0.25, 0.3) is 0 Å². The lowest BCUT2D eigenvalue weighted by molar-refractivity contribution is -0.121. The monoisotopic (exact) mass is 445 g/mol. The fourth-order valence-electron chi connectivity index (χ4n) is 2.68. The number of rotatable bonds is 8. The van der Waals surface area contributed by atoms with E-state index in [-0.39, 0.29) is 31.2 Å². The van der Waals surface area contributed by atoms with Gasteiger partial charge < -0.3 is 20.7 Å². The first-order valence-corrected chi connectivity index (χ1v) is 10.4. The number of nitrogens with one attached hydrogen (secondary N) is 3. The predicted octanol–water partition coefficient (Wildman–Crippen LogP) is 4.05. The van der Waals surface area contributed by atoms with Crippen molar-refractivity contribution in [2.24, 2.45) is 0 Å². The van der Waals surface area contributed by atoms with Crippen molar-refractivity contribution in [3.63, 3.8) is 0 Å². The normalized spacial score (nSPS) is 10.8. The van der Waals surface area contributed by atoms with Crippen LogP contribution in [-0.2, 0) is 27.3 Å². The second kappa shape index (κ2) is 11.4. The molecule has 2 aromatic carbocycles. The highest BCUT2D eigenvalue weighted by Crippen LogP contribution is 2.14. The Kier molecular flexibility index (Phi) is 8.88. The molecule has 0 aliphatic rings. The molecule has 3 N–H and O–H groups in total. The Hall–Kier alpha value is -3.06. The molecule has 3 amide bonds. The molecule has 0 radical (unpaired) electrons. The van der Waals surface area contributed by atoms with Gasteiger partial charge in [0.05, 0.1) is 6.42 Å². The van der Waals surface area contributed by atoms with Gasteiger partial charge >= 0.3 is 6.09 Å². The van der Waals surface area contributed by atoms with Gasteiger partial charge in [0.15, 0.2) is 0 Å². The lowest BCUT2D eigenvalue weighted by Gasteiger charge is -2.19. The van der Waals surface area contributed by atoms with Crippen molar-refractivity contribution in [2.75, 3.05) is 11.9 Å². The second-order valence-corrected chi connectivity index (χ2v) is 8.45. The molecule has 0 aromatic heterocycles. The quantitative estimate of drug-likeness (QED) is 0.571. The highest BCUT2D eigenvalue weighted by atomic mass is 35.5. The molecule has 0 aliphatic carbocycles. The molecule has 0 aliphatic heterocycles. The number of hydrogen-bond donors (Lipinski definition) is 3. The van der Waals surface area contributed by atoms with Crippen molar-refractivity contribution in [1.82, 2.24) is 10.6 Å². The number of carbonyl (C=O) groups excluding carboxylic acids is 3. The maximum atomic E-state index is 12.3. The molecule has 0 unspecified atom stereocenters. The highest BCUT2D eigenvalue weighted by Gasteiger charge is 2.15. The van der Waals surface area contributed by atoms with E-state index in [4.69, 9.17) is 16.3 Å². The minimum atomic E-state index is -0.582. The number of benzene rings is 2. The Morgan fingerprint density at radius 3 is 2.35 bits per heavy atom. The Bertz CT molecular complexity index is 925. The average molecular weight is 446 g/mol. The first-order chi connectivity index (χ1) is 14.6. The summed E-state index contributed by atoms with van der Waals surface area (Å²) in [5.41, 5.74) is 1.73. The van der Waals surface area contributed by atoms with Gasteiger partial charge in [-0.2, -0.15) is 0 Å². The number of amides is 3. The first-order valence-electron chi connectivity index (χ1n) is 9.97. The summed E-state index contributed by atoms with van der Waals surface area (Å²) < 4.78 is 5.11. The van der Waals surface area contributed by atoms with E-state index in [1.807, 2.05) is 12.1 Å². The van der Waals surface area contributed by atoms with Crippen LogP contribution in [0, 0.1) is 0 Å². The third kappa shape index (κ3) is 10.00. The van der Waals surface area contributed by atoms with Crippen LogP contribution < -0.4 is 16.0 Å². The number of anilines is 1. The molecule has 2 rings (SSSR count). The largest absolute Gasteiger partial charge is 0.444 e. The third-order valence-electron chi connectivity index (χ3n) is 3.97. The summed E-state index contributed by atoms with van der Waals surface area (Å²) in [5.74, 6) is -0.358. The number of alkyl carbamates (subject to hydrolysis) is 1. The van der Waals surface area contributed by atoms with Crippen LogP contribution in [0.3, 0.4) is 0 Å². The molecular formula is C23H28ClN3O4. The summed E-state index contributed by atoms with van der Waals surface area (Å²) in [6, 6.07) is 14.4. The summed E-state index contributed by atoms with van der Waals surface area (Å²) in [5, 5.41) is 8.77. The standard InChI is InChI=1S/C23H28ClN3O4/c1-23(2,3)31-22(30)25-11-10-20(28)26-15-17-7-5-9-19(13-17)27-21(29)14-16-6-4-8-18(24)12-16/h4-9,12-13H,10-11,14-15H2,1-3H3,(H,25,30)(H,26,28)(H,27,29). The summed E-state index contributed by atoms with van der Waals surface area (Å²) in [7, 11) is 0. The summed E-state index contributed by atoms with van der Waals surface area (Å²) in [4.78, 5) is 35.8. The molecule has 7 nitrogen and oxygen atoms in total. The molecule has 0 saturated carbocycles. The molecular weight excluding hydrogens is 418 g/mol. The molecule has 0 atom stereocenters. The van der Waals surface area contributed by atoms with E-state index < -0.39 is 11.7 Å². The highest BCUT2D eigenvalue weighted by molar-refractivity contribution is 6.30. The smallest absolute Gasteiger partial charge is 0.407 e. The van der Waals surface area contributed by atoms with E-state index >= 15 is 0 Å². The van der Waals surface area contributed by atoms with Crippen molar-refractivity contribution in [3.8, 4) is 0 Å². The number of carbonyl (C=O) groups is 3. The fourth-order valence-corrected chi connectivity index (χ4v) is 2.89. The van der Waals surface area contributed by atoms with Gasteiger partial charge in [-0.25, -0.2) is 4.79 Å². The molecule has 31 heavy (non-hydrogen) atoms. The van der Waals surface area contributed by atoms with Gasteiger partial charge in [-0.05, 0) is 56.2 Å². The maximum absolute atomic E-state index is 12.3. The number of halogens is 1. The van der Waals surface area contributed by atoms with E-state index in [9.17, 15) is 14.4 Å². The first kappa shape index (κ1) is 24.2. The molecule has 0 heterocycles. The van der Waals surface area contributed by atoms with Gasteiger partial charge in [0.2, 0.25) is 11.8 Å². The van der Waals surface area contributed by atoms with Gasteiger partial charge in [0.25, 0.3) is 0 Å². The van der Waals surface area contributed by atoms with Crippen LogP contribution in [0.4, 0.5) is 10.5 Å². The average Bonchev–Trinajstić information content (AvgIpc) is 2.65. The molecule has 166 valence electrons. The van der Waals surface area contributed by atoms with Crippen molar-refractivity contribution in [3.05, 3.63) is 64.7 Å². The van der Waals surface area contributed by atoms with E-state index in [0.717, 1.165) is 11.1 Å². The molecule has 0 spiro atoms. The third-order valence-corrected chi connectivity index (χ3v) is 4.21. The molecule has 0 bridgehead atoms. The SMILES string of the molecule is CC(C)(C)OC(=O)NCCC(=O)NCc1cccc(NC(=O)Cc2cccc(Cl)c2)c1. The van der Waals surface area contributed by atoms with Crippen molar-refractivity contribution in [1.29, 1.82) is 0 Å². The summed E-state index contributed by atoms with van der Waals surface area (Å²) >= 11 is 5.95. The van der Waals surface area contributed by atoms with Gasteiger partial charge in [0, 0.05) is 30.2 Å². The van der Waals surface area contributed by atoms with Crippen molar-refractivity contribution in [2.45, 2.75) is 45.8 Å². The molecule has 0 fully saturated rings. The Balaban J connectivity index is 1.75.